The molecule has 5 heteroatoms. The molecule has 60 heavy (non-hydrogen) atoms. The van der Waals surface area contributed by atoms with Gasteiger partial charge in [-0.15, -0.1) is 0 Å². The molecule has 0 unspecified atom stereocenters. The van der Waals surface area contributed by atoms with Crippen LogP contribution in [-0.2, 0) is 0 Å². The van der Waals surface area contributed by atoms with Gasteiger partial charge in [-0.25, -0.2) is 19.9 Å². The summed E-state index contributed by atoms with van der Waals surface area (Å²) in [6.45, 7) is 0. The summed E-state index contributed by atoms with van der Waals surface area (Å²) < 4.78 is 0. The molecule has 10 aromatic rings. The lowest BCUT2D eigenvalue weighted by Crippen LogP contribution is -1.96. The fraction of sp³-hybridized carbons (Fsp3) is 0. The van der Waals surface area contributed by atoms with Crippen LogP contribution in [0.15, 0.2) is 225 Å². The van der Waals surface area contributed by atoms with Crippen molar-refractivity contribution in [2.75, 3.05) is 0 Å². The maximum Gasteiger partial charge on any atom is 0.160 e. The van der Waals surface area contributed by atoms with Crippen molar-refractivity contribution in [2.45, 2.75) is 0 Å². The second kappa shape index (κ2) is 16.4. The molecule has 0 aliphatic heterocycles. The third-order valence-electron chi connectivity index (χ3n) is 10.6. The van der Waals surface area contributed by atoms with Gasteiger partial charge in [-0.05, 0) is 75.8 Å². The normalized spacial score (nSPS) is 11.0. The molecule has 0 saturated carbocycles. The molecule has 0 N–H and O–H groups in total. The summed E-state index contributed by atoms with van der Waals surface area (Å²) in [6.07, 6.45) is 1.80. The standard InChI is InChI=1S/C55H37N5/c1-4-13-38(14-5-1)40-24-30-44(31-25-40)51-37-52(60-55(59-51)46-17-8-3-9-18-46)45-32-26-42(27-33-45)41-22-28-43(29-23-41)48-20-12-21-50(57-48)54-36-47(39-15-6-2-7-16-39)35-53(58-54)49-19-10-11-34-56-49/h1-37H. The third kappa shape index (κ3) is 7.76. The van der Waals surface area contributed by atoms with Gasteiger partial charge in [-0.2, -0.15) is 0 Å². The molecule has 0 amide bonds. The molecule has 0 aliphatic rings. The molecule has 282 valence electrons. The van der Waals surface area contributed by atoms with Gasteiger partial charge in [0.25, 0.3) is 0 Å². The van der Waals surface area contributed by atoms with Crippen LogP contribution >= 0.6 is 0 Å². The third-order valence-corrected chi connectivity index (χ3v) is 10.6. The summed E-state index contributed by atoms with van der Waals surface area (Å²) in [5.41, 5.74) is 16.7. The molecule has 6 aromatic carbocycles. The van der Waals surface area contributed by atoms with Crippen molar-refractivity contribution in [1.29, 1.82) is 0 Å². The van der Waals surface area contributed by atoms with Gasteiger partial charge in [0.15, 0.2) is 5.82 Å². The molecule has 10 rings (SSSR count). The highest BCUT2D eigenvalue weighted by molar-refractivity contribution is 5.78. The Hall–Kier alpha value is -8.15. The predicted octanol–water partition coefficient (Wildman–Crippen LogP) is 13.7. The first-order valence-electron chi connectivity index (χ1n) is 20.0. The van der Waals surface area contributed by atoms with Crippen LogP contribution in [0.1, 0.15) is 0 Å². The van der Waals surface area contributed by atoms with Crippen molar-refractivity contribution >= 4 is 0 Å². The summed E-state index contributed by atoms with van der Waals surface area (Å²) >= 11 is 0. The van der Waals surface area contributed by atoms with Crippen LogP contribution in [-0.4, -0.2) is 24.9 Å². The van der Waals surface area contributed by atoms with E-state index in [1.807, 2.05) is 66.7 Å². The van der Waals surface area contributed by atoms with Gasteiger partial charge in [0.1, 0.15) is 0 Å². The SMILES string of the molecule is c1ccc(-c2ccc(-c3cc(-c4ccc(-c5ccc(-c6cccc(-c7cc(-c8ccccc8)cc(-c8ccccn8)n7)n6)cc5)cc4)nc(-c4ccccc4)n3)cc2)cc1. The zero-order chi connectivity index (χ0) is 40.1. The number of aromatic nitrogens is 5. The first-order chi connectivity index (χ1) is 29.7. The number of rotatable bonds is 9. The molecule has 0 aliphatic carbocycles. The first kappa shape index (κ1) is 36.2. The van der Waals surface area contributed by atoms with Crippen molar-refractivity contribution < 1.29 is 0 Å². The van der Waals surface area contributed by atoms with Crippen molar-refractivity contribution in [3.05, 3.63) is 225 Å². The van der Waals surface area contributed by atoms with Crippen molar-refractivity contribution in [1.82, 2.24) is 24.9 Å². The van der Waals surface area contributed by atoms with Crippen LogP contribution in [0, 0.1) is 0 Å². The summed E-state index contributed by atoms with van der Waals surface area (Å²) in [5.74, 6) is 0.695. The van der Waals surface area contributed by atoms with E-state index in [9.17, 15) is 0 Å². The van der Waals surface area contributed by atoms with E-state index >= 15 is 0 Å². The topological polar surface area (TPSA) is 64.5 Å². The largest absolute Gasteiger partial charge is 0.255 e. The fourth-order valence-corrected chi connectivity index (χ4v) is 7.43. The van der Waals surface area contributed by atoms with Gasteiger partial charge < -0.3 is 0 Å². The molecule has 0 atom stereocenters. The first-order valence-corrected chi connectivity index (χ1v) is 20.0. The minimum Gasteiger partial charge on any atom is -0.255 e. The zero-order valence-corrected chi connectivity index (χ0v) is 32.6. The summed E-state index contributed by atoms with van der Waals surface area (Å²) in [7, 11) is 0. The zero-order valence-electron chi connectivity index (χ0n) is 32.6. The molecule has 0 radical (unpaired) electrons. The second-order valence-electron chi connectivity index (χ2n) is 14.5. The van der Waals surface area contributed by atoms with E-state index in [0.29, 0.717) is 5.82 Å². The number of nitrogens with zero attached hydrogens (tertiary/aromatic N) is 5. The quantitative estimate of drug-likeness (QED) is 0.146. The average molecular weight is 768 g/mol. The van der Waals surface area contributed by atoms with E-state index in [2.05, 4.69) is 157 Å². The van der Waals surface area contributed by atoms with E-state index in [4.69, 9.17) is 19.9 Å². The van der Waals surface area contributed by atoms with Crippen LogP contribution in [0.25, 0.3) is 101 Å². The van der Waals surface area contributed by atoms with E-state index in [-0.39, 0.29) is 0 Å². The molecule has 4 aromatic heterocycles. The Morgan fingerprint density at radius 2 is 0.583 bits per heavy atom. The number of hydrogen-bond donors (Lipinski definition) is 0. The molecular formula is C55H37N5. The van der Waals surface area contributed by atoms with Crippen molar-refractivity contribution in [3.63, 3.8) is 0 Å². The highest BCUT2D eigenvalue weighted by Gasteiger charge is 2.14. The molecule has 4 heterocycles. The molecule has 5 nitrogen and oxygen atoms in total. The summed E-state index contributed by atoms with van der Waals surface area (Å²) in [6, 6.07) is 75.0. The Morgan fingerprint density at radius 3 is 1.10 bits per heavy atom. The minimum absolute atomic E-state index is 0.695. The molecule has 0 saturated heterocycles. The van der Waals surface area contributed by atoms with Gasteiger partial charge in [0.2, 0.25) is 0 Å². The van der Waals surface area contributed by atoms with Crippen LogP contribution in [0.4, 0.5) is 0 Å². The van der Waals surface area contributed by atoms with Crippen LogP contribution in [0.3, 0.4) is 0 Å². The minimum atomic E-state index is 0.695. The van der Waals surface area contributed by atoms with E-state index in [1.54, 1.807) is 6.20 Å². The maximum atomic E-state index is 5.11. The van der Waals surface area contributed by atoms with Gasteiger partial charge >= 0.3 is 0 Å². The maximum absolute atomic E-state index is 5.11. The highest BCUT2D eigenvalue weighted by Crippen LogP contribution is 2.33. The second-order valence-corrected chi connectivity index (χ2v) is 14.5. The highest BCUT2D eigenvalue weighted by atomic mass is 14.9. The molecular weight excluding hydrogens is 731 g/mol. The Morgan fingerprint density at radius 1 is 0.200 bits per heavy atom. The van der Waals surface area contributed by atoms with Gasteiger partial charge in [0.05, 0.1) is 39.9 Å². The number of pyridine rings is 3. The lowest BCUT2D eigenvalue weighted by molar-refractivity contribution is 1.18. The van der Waals surface area contributed by atoms with Crippen LogP contribution in [0.5, 0.6) is 0 Å². The molecule has 0 spiro atoms. The molecule has 0 fully saturated rings. The van der Waals surface area contributed by atoms with Gasteiger partial charge in [-0.1, -0.05) is 176 Å². The number of hydrogen-bond acceptors (Lipinski definition) is 5. The summed E-state index contributed by atoms with van der Waals surface area (Å²) in [4.78, 5) is 24.8. The van der Waals surface area contributed by atoms with Gasteiger partial charge in [0, 0.05) is 28.5 Å². The number of benzene rings is 6. The Labute approximate surface area is 349 Å². The molecule has 0 bridgehead atoms. The van der Waals surface area contributed by atoms with Gasteiger partial charge in [-0.3, -0.25) is 4.98 Å². The average Bonchev–Trinajstić information content (AvgIpc) is 3.35. The smallest absolute Gasteiger partial charge is 0.160 e. The lowest BCUT2D eigenvalue weighted by atomic mass is 9.99. The fourth-order valence-electron chi connectivity index (χ4n) is 7.43. The van der Waals surface area contributed by atoms with Crippen LogP contribution < -0.4 is 0 Å². The lowest BCUT2D eigenvalue weighted by Gasteiger charge is -2.11. The van der Waals surface area contributed by atoms with Crippen molar-refractivity contribution in [2.24, 2.45) is 0 Å². The van der Waals surface area contributed by atoms with E-state index in [0.717, 1.165) is 84.4 Å². The predicted molar refractivity (Wildman–Crippen MR) is 244 cm³/mol. The van der Waals surface area contributed by atoms with Crippen molar-refractivity contribution in [3.8, 4) is 101 Å². The monoisotopic (exact) mass is 767 g/mol. The Balaban J connectivity index is 0.927. The Kier molecular flexibility index (Phi) is 9.88. The Bertz CT molecular complexity index is 2970. The van der Waals surface area contributed by atoms with E-state index < -0.39 is 0 Å². The van der Waals surface area contributed by atoms with E-state index in [1.165, 1.54) is 11.1 Å². The summed E-state index contributed by atoms with van der Waals surface area (Å²) in [5, 5.41) is 0. The van der Waals surface area contributed by atoms with Crippen LogP contribution in [0.2, 0.25) is 0 Å².